The Hall–Kier alpha value is -1.92. The first-order valence-corrected chi connectivity index (χ1v) is 6.72. The molecule has 106 valence electrons. The van der Waals surface area contributed by atoms with Gasteiger partial charge in [-0.1, -0.05) is 5.16 Å². The van der Waals surface area contributed by atoms with Crippen LogP contribution >= 0.6 is 0 Å². The van der Waals surface area contributed by atoms with Crippen molar-refractivity contribution in [1.82, 2.24) is 19.9 Å². The van der Waals surface area contributed by atoms with Crippen LogP contribution in [0.4, 0.5) is 5.69 Å². The summed E-state index contributed by atoms with van der Waals surface area (Å²) in [6.07, 6.45) is 0. The lowest BCUT2D eigenvalue weighted by molar-refractivity contribution is 0.108. The van der Waals surface area contributed by atoms with Gasteiger partial charge in [-0.25, -0.2) is 0 Å². The Morgan fingerprint density at radius 1 is 1.20 bits per heavy atom. The average molecular weight is 273 g/mol. The van der Waals surface area contributed by atoms with Crippen LogP contribution in [-0.4, -0.2) is 53.7 Å². The Labute approximate surface area is 118 Å². The van der Waals surface area contributed by atoms with Crippen molar-refractivity contribution in [2.75, 3.05) is 39.5 Å². The minimum atomic E-state index is 0.181. The van der Waals surface area contributed by atoms with E-state index in [0.29, 0.717) is 5.89 Å². The number of nitrogens with zero attached hydrogens (tertiary/aromatic N) is 4. The predicted octanol–water partition coefficient (Wildman–Crippen LogP) is 1.24. The Morgan fingerprint density at radius 2 is 1.95 bits per heavy atom. The molecule has 6 heteroatoms. The SMILES string of the molecule is CN1CCN(C)C(c2noc(-c3ccc(N)cc3)n2)C1. The van der Waals surface area contributed by atoms with Gasteiger partial charge >= 0.3 is 0 Å². The Balaban J connectivity index is 1.84. The fourth-order valence-corrected chi connectivity index (χ4v) is 2.40. The number of nitrogen functional groups attached to an aromatic ring is 1. The quantitative estimate of drug-likeness (QED) is 0.830. The number of piperazine rings is 1. The van der Waals surface area contributed by atoms with Crippen molar-refractivity contribution in [2.24, 2.45) is 0 Å². The summed E-state index contributed by atoms with van der Waals surface area (Å²) in [4.78, 5) is 9.07. The lowest BCUT2D eigenvalue weighted by atomic mass is 10.1. The fraction of sp³-hybridized carbons (Fsp3) is 0.429. The molecule has 1 fully saturated rings. The van der Waals surface area contributed by atoms with Gasteiger partial charge in [0.15, 0.2) is 5.82 Å². The van der Waals surface area contributed by atoms with E-state index < -0.39 is 0 Å². The molecule has 1 atom stereocenters. The summed E-state index contributed by atoms with van der Waals surface area (Å²) in [5, 5.41) is 4.14. The second-order valence-corrected chi connectivity index (χ2v) is 5.34. The van der Waals surface area contributed by atoms with Gasteiger partial charge in [0.05, 0.1) is 6.04 Å². The standard InChI is InChI=1S/C14H19N5O/c1-18-7-8-19(2)12(9-18)13-16-14(20-17-13)10-3-5-11(15)6-4-10/h3-6,12H,7-9,15H2,1-2H3. The molecule has 1 saturated heterocycles. The van der Waals surface area contributed by atoms with Gasteiger partial charge in [0.1, 0.15) is 0 Å². The molecule has 0 amide bonds. The largest absolute Gasteiger partial charge is 0.399 e. The van der Waals surface area contributed by atoms with Crippen LogP contribution < -0.4 is 5.73 Å². The van der Waals surface area contributed by atoms with Gasteiger partial charge in [0.25, 0.3) is 5.89 Å². The van der Waals surface area contributed by atoms with Crippen molar-refractivity contribution in [3.05, 3.63) is 30.1 Å². The van der Waals surface area contributed by atoms with Crippen LogP contribution in [0.15, 0.2) is 28.8 Å². The van der Waals surface area contributed by atoms with E-state index in [9.17, 15) is 0 Å². The predicted molar refractivity (Wildman–Crippen MR) is 77.0 cm³/mol. The molecule has 1 aliphatic heterocycles. The summed E-state index contributed by atoms with van der Waals surface area (Å²) < 4.78 is 5.38. The zero-order valence-electron chi connectivity index (χ0n) is 11.8. The zero-order valence-corrected chi connectivity index (χ0v) is 11.8. The Kier molecular flexibility index (Phi) is 3.42. The van der Waals surface area contributed by atoms with E-state index in [1.165, 1.54) is 0 Å². The highest BCUT2D eigenvalue weighted by Crippen LogP contribution is 2.24. The number of hydrogen-bond acceptors (Lipinski definition) is 6. The molecule has 0 spiro atoms. The highest BCUT2D eigenvalue weighted by Gasteiger charge is 2.28. The number of nitrogens with two attached hydrogens (primary N) is 1. The molecule has 6 nitrogen and oxygen atoms in total. The smallest absolute Gasteiger partial charge is 0.257 e. The van der Waals surface area contributed by atoms with Crippen LogP contribution in [0.3, 0.4) is 0 Å². The Bertz CT molecular complexity index is 580. The van der Waals surface area contributed by atoms with Gasteiger partial charge in [-0.2, -0.15) is 4.98 Å². The van der Waals surface area contributed by atoms with E-state index in [1.807, 2.05) is 24.3 Å². The normalized spacial score (nSPS) is 21.2. The molecule has 2 aromatic rings. The second kappa shape index (κ2) is 5.22. The molecule has 3 rings (SSSR count). The molecule has 1 aliphatic rings. The summed E-state index contributed by atoms with van der Waals surface area (Å²) in [5.74, 6) is 1.28. The summed E-state index contributed by atoms with van der Waals surface area (Å²) in [6, 6.07) is 7.63. The molecule has 1 aromatic carbocycles. The van der Waals surface area contributed by atoms with E-state index in [2.05, 4.69) is 34.0 Å². The van der Waals surface area contributed by atoms with Crippen molar-refractivity contribution >= 4 is 5.69 Å². The molecule has 0 radical (unpaired) electrons. The molecule has 0 aliphatic carbocycles. The molecular formula is C14H19N5O. The van der Waals surface area contributed by atoms with Gasteiger partial charge < -0.3 is 15.2 Å². The Morgan fingerprint density at radius 3 is 2.70 bits per heavy atom. The highest BCUT2D eigenvalue weighted by molar-refractivity contribution is 5.56. The molecular weight excluding hydrogens is 254 g/mol. The van der Waals surface area contributed by atoms with E-state index in [4.69, 9.17) is 10.3 Å². The third-order valence-electron chi connectivity index (χ3n) is 3.75. The fourth-order valence-electron chi connectivity index (χ4n) is 2.40. The molecule has 0 saturated carbocycles. The van der Waals surface area contributed by atoms with Crippen molar-refractivity contribution in [1.29, 1.82) is 0 Å². The van der Waals surface area contributed by atoms with Crippen LogP contribution in [0.2, 0.25) is 0 Å². The lowest BCUT2D eigenvalue weighted by Gasteiger charge is -2.35. The summed E-state index contributed by atoms with van der Waals surface area (Å²) in [6.45, 7) is 2.99. The topological polar surface area (TPSA) is 71.4 Å². The molecule has 2 N–H and O–H groups in total. The minimum Gasteiger partial charge on any atom is -0.399 e. The summed E-state index contributed by atoms with van der Waals surface area (Å²) >= 11 is 0. The maximum Gasteiger partial charge on any atom is 0.257 e. The number of hydrogen-bond donors (Lipinski definition) is 1. The second-order valence-electron chi connectivity index (χ2n) is 5.34. The number of aromatic nitrogens is 2. The molecule has 0 bridgehead atoms. The maximum atomic E-state index is 5.68. The first-order valence-electron chi connectivity index (χ1n) is 6.72. The third-order valence-corrected chi connectivity index (χ3v) is 3.75. The van der Waals surface area contributed by atoms with Crippen molar-refractivity contribution in [3.8, 4) is 11.5 Å². The van der Waals surface area contributed by atoms with Crippen molar-refractivity contribution in [2.45, 2.75) is 6.04 Å². The number of benzene rings is 1. The van der Waals surface area contributed by atoms with Crippen LogP contribution in [0, 0.1) is 0 Å². The summed E-state index contributed by atoms with van der Waals surface area (Å²) in [5.41, 5.74) is 7.30. The van der Waals surface area contributed by atoms with Gasteiger partial charge in [0, 0.05) is 30.9 Å². The first-order chi connectivity index (χ1) is 9.63. The van der Waals surface area contributed by atoms with Crippen LogP contribution in [-0.2, 0) is 0 Å². The molecule has 20 heavy (non-hydrogen) atoms. The third kappa shape index (κ3) is 2.52. The lowest BCUT2D eigenvalue weighted by Crippen LogP contribution is -2.45. The maximum absolute atomic E-state index is 5.68. The highest BCUT2D eigenvalue weighted by atomic mass is 16.5. The van der Waals surface area contributed by atoms with E-state index in [1.54, 1.807) is 0 Å². The summed E-state index contributed by atoms with van der Waals surface area (Å²) in [7, 11) is 4.21. The number of rotatable bonds is 2. The van der Waals surface area contributed by atoms with Gasteiger partial charge in [0.2, 0.25) is 0 Å². The van der Waals surface area contributed by atoms with Crippen LogP contribution in [0.1, 0.15) is 11.9 Å². The van der Waals surface area contributed by atoms with E-state index in [-0.39, 0.29) is 6.04 Å². The monoisotopic (exact) mass is 273 g/mol. The van der Waals surface area contributed by atoms with Crippen LogP contribution in [0.25, 0.3) is 11.5 Å². The van der Waals surface area contributed by atoms with Gasteiger partial charge in [-0.05, 0) is 38.4 Å². The molecule has 1 unspecified atom stereocenters. The van der Waals surface area contributed by atoms with Gasteiger partial charge in [-0.3, -0.25) is 4.90 Å². The zero-order chi connectivity index (χ0) is 14.1. The number of likely N-dealkylation sites (N-methyl/N-ethyl adjacent to an activating group) is 2. The number of anilines is 1. The first kappa shape index (κ1) is 13.1. The minimum absolute atomic E-state index is 0.181. The van der Waals surface area contributed by atoms with Crippen LogP contribution in [0.5, 0.6) is 0 Å². The van der Waals surface area contributed by atoms with E-state index >= 15 is 0 Å². The average Bonchev–Trinajstić information content (AvgIpc) is 2.92. The molecule has 2 heterocycles. The molecule has 1 aromatic heterocycles. The van der Waals surface area contributed by atoms with Gasteiger partial charge in [-0.15, -0.1) is 0 Å². The van der Waals surface area contributed by atoms with E-state index in [0.717, 1.165) is 36.7 Å². The van der Waals surface area contributed by atoms with Crippen molar-refractivity contribution in [3.63, 3.8) is 0 Å². The van der Waals surface area contributed by atoms with Crippen molar-refractivity contribution < 1.29 is 4.52 Å².